The third kappa shape index (κ3) is 7.49. The molecule has 0 radical (unpaired) electrons. The van der Waals surface area contributed by atoms with Crippen LogP contribution in [0.5, 0.6) is 23.0 Å². The molecule has 0 heterocycles. The summed E-state index contributed by atoms with van der Waals surface area (Å²) in [6.07, 6.45) is 16.8. The van der Waals surface area contributed by atoms with Crippen LogP contribution in [0.3, 0.4) is 0 Å². The van der Waals surface area contributed by atoms with Crippen molar-refractivity contribution < 1.29 is 23.8 Å². The largest absolute Gasteiger partial charge is 0.458 e. The molecule has 2 aliphatic carbocycles. The number of hydrogen-bond donors (Lipinski definition) is 0. The molecule has 0 unspecified atom stereocenters. The molecule has 0 fully saturated rings. The molecule has 0 spiro atoms. The van der Waals surface area contributed by atoms with Crippen molar-refractivity contribution in [2.24, 2.45) is 0 Å². The van der Waals surface area contributed by atoms with Gasteiger partial charge in [0.05, 0.1) is 0 Å². The highest BCUT2D eigenvalue weighted by Gasteiger charge is 2.13. The van der Waals surface area contributed by atoms with E-state index < -0.39 is 0 Å². The average Bonchev–Trinajstić information content (AvgIpc) is 3.34. The summed E-state index contributed by atoms with van der Waals surface area (Å²) in [7, 11) is 0. The lowest BCUT2D eigenvalue weighted by molar-refractivity contribution is 0.101. The fourth-order valence-corrected chi connectivity index (χ4v) is 4.23. The number of carbonyl (C=O) groups is 2. The Morgan fingerprint density at radius 2 is 1.17 bits per heavy atom. The van der Waals surface area contributed by atoms with Gasteiger partial charge < -0.3 is 14.2 Å². The lowest BCUT2D eigenvalue weighted by Gasteiger charge is -2.09. The summed E-state index contributed by atoms with van der Waals surface area (Å²) >= 11 is 0. The minimum Gasteiger partial charge on any atom is -0.458 e. The number of carbonyl (C=O) groups excluding carboxylic acids is 2. The zero-order valence-corrected chi connectivity index (χ0v) is 23.0. The molecule has 5 heteroatoms. The van der Waals surface area contributed by atoms with Crippen molar-refractivity contribution in [3.8, 4) is 23.0 Å². The van der Waals surface area contributed by atoms with Gasteiger partial charge in [0.25, 0.3) is 0 Å². The smallest absolute Gasteiger partial charge is 0.189 e. The van der Waals surface area contributed by atoms with E-state index in [4.69, 9.17) is 14.2 Å². The molecule has 3 aromatic rings. The summed E-state index contributed by atoms with van der Waals surface area (Å²) < 4.78 is 17.8. The fraction of sp³-hybridized carbons (Fsp3) is 0.111. The van der Waals surface area contributed by atoms with Gasteiger partial charge in [-0.15, -0.1) is 0 Å². The van der Waals surface area contributed by atoms with Crippen molar-refractivity contribution in [2.45, 2.75) is 26.7 Å². The van der Waals surface area contributed by atoms with Crippen LogP contribution in [0.1, 0.15) is 47.4 Å². The molecule has 3 aromatic carbocycles. The molecule has 0 atom stereocenters. The van der Waals surface area contributed by atoms with E-state index in [0.29, 0.717) is 46.1 Å². The van der Waals surface area contributed by atoms with Gasteiger partial charge in [-0.05, 0) is 124 Å². The number of hydrogen-bond acceptors (Lipinski definition) is 5. The topological polar surface area (TPSA) is 61.8 Å². The van der Waals surface area contributed by atoms with E-state index >= 15 is 0 Å². The summed E-state index contributed by atoms with van der Waals surface area (Å²) in [5.74, 6) is 4.02. The zero-order chi connectivity index (χ0) is 28.6. The normalized spacial score (nSPS) is 14.5. The Morgan fingerprint density at radius 3 is 1.80 bits per heavy atom. The van der Waals surface area contributed by atoms with Crippen LogP contribution in [0.2, 0.25) is 0 Å². The van der Waals surface area contributed by atoms with Crippen molar-refractivity contribution in [3.05, 3.63) is 155 Å². The third-order valence-corrected chi connectivity index (χ3v) is 6.54. The number of ketones is 2. The maximum absolute atomic E-state index is 13.2. The number of allylic oxidation sites excluding steroid dienone is 10. The Hall–Kier alpha value is -5.16. The monoisotopic (exact) mass is 542 g/mol. The second-order valence-electron chi connectivity index (χ2n) is 9.70. The molecule has 0 amide bonds. The molecule has 0 saturated heterocycles. The van der Waals surface area contributed by atoms with Gasteiger partial charge in [0, 0.05) is 16.7 Å². The quantitative estimate of drug-likeness (QED) is 0.253. The van der Waals surface area contributed by atoms with Gasteiger partial charge in [0.15, 0.2) is 11.6 Å². The minimum atomic E-state index is -0.0572. The van der Waals surface area contributed by atoms with E-state index in [9.17, 15) is 9.59 Å². The van der Waals surface area contributed by atoms with E-state index in [2.05, 4.69) is 13.0 Å². The van der Waals surface area contributed by atoms with Gasteiger partial charge in [-0.3, -0.25) is 9.59 Å². The van der Waals surface area contributed by atoms with Crippen molar-refractivity contribution in [2.75, 3.05) is 0 Å². The molecule has 0 saturated carbocycles. The van der Waals surface area contributed by atoms with Crippen LogP contribution in [0, 0.1) is 0 Å². The van der Waals surface area contributed by atoms with Gasteiger partial charge in [-0.25, -0.2) is 0 Å². The second kappa shape index (κ2) is 12.8. The highest BCUT2D eigenvalue weighted by atomic mass is 16.5. The summed E-state index contributed by atoms with van der Waals surface area (Å²) in [6.45, 7) is 3.59. The molecule has 41 heavy (non-hydrogen) atoms. The Balaban J connectivity index is 1.18. The Morgan fingerprint density at radius 1 is 0.610 bits per heavy atom. The maximum atomic E-state index is 13.2. The lowest BCUT2D eigenvalue weighted by atomic mass is 10.0. The average molecular weight is 543 g/mol. The fourth-order valence-electron chi connectivity index (χ4n) is 4.23. The molecule has 0 N–H and O–H groups in total. The Kier molecular flexibility index (Phi) is 8.55. The molecule has 0 aliphatic heterocycles. The van der Waals surface area contributed by atoms with Crippen molar-refractivity contribution >= 4 is 11.6 Å². The summed E-state index contributed by atoms with van der Waals surface area (Å²) in [6, 6.07) is 21.5. The molecule has 0 aromatic heterocycles. The molecule has 204 valence electrons. The highest BCUT2D eigenvalue weighted by Crippen LogP contribution is 2.27. The van der Waals surface area contributed by atoms with Gasteiger partial charge >= 0.3 is 0 Å². The predicted molar refractivity (Wildman–Crippen MR) is 161 cm³/mol. The van der Waals surface area contributed by atoms with Crippen LogP contribution in [-0.2, 0) is 0 Å². The third-order valence-electron chi connectivity index (χ3n) is 6.54. The number of benzene rings is 3. The van der Waals surface area contributed by atoms with Crippen LogP contribution in [0.25, 0.3) is 0 Å². The lowest BCUT2D eigenvalue weighted by Crippen LogP contribution is -2.02. The Bertz CT molecular complexity index is 1610. The van der Waals surface area contributed by atoms with Crippen molar-refractivity contribution in [3.63, 3.8) is 0 Å². The highest BCUT2D eigenvalue weighted by molar-refractivity contribution is 6.09. The number of Topliss-reactive ketones (excluding diaryl/α,β-unsaturated/α-hetero) is 2. The maximum Gasteiger partial charge on any atom is 0.189 e. The standard InChI is InChI=1S/C36H30O5/c1-25-5-3-7-30(15-9-25)39-34-21-23-35(24-22-34)41-33-19-13-29(14-20-33)36(38)28-6-4-8-31(18-12-28)40-32-16-10-27(11-17-32)26(2)37/h4-5,7-24H,3,6H2,1-2H3. The SMILES string of the molecule is CC(=O)c1ccc(OC2=CC=C(C(=O)c3ccc(Oc4ccc(OC5=CCC=C(C)C=C5)cc4)cc3)CC=C2)cc1. The summed E-state index contributed by atoms with van der Waals surface area (Å²) in [4.78, 5) is 24.6. The summed E-state index contributed by atoms with van der Waals surface area (Å²) in [5, 5.41) is 0. The van der Waals surface area contributed by atoms with Gasteiger partial charge in [-0.1, -0.05) is 29.9 Å². The molecule has 0 bridgehead atoms. The van der Waals surface area contributed by atoms with Crippen molar-refractivity contribution in [1.82, 2.24) is 0 Å². The number of ether oxygens (including phenoxy) is 3. The van der Waals surface area contributed by atoms with E-state index in [-0.39, 0.29) is 11.6 Å². The predicted octanol–water partition coefficient (Wildman–Crippen LogP) is 8.88. The first-order chi connectivity index (χ1) is 19.9. The molecule has 5 rings (SSSR count). The van der Waals surface area contributed by atoms with Gasteiger partial charge in [0.1, 0.15) is 34.5 Å². The molecule has 5 nitrogen and oxygen atoms in total. The van der Waals surface area contributed by atoms with Gasteiger partial charge in [-0.2, -0.15) is 0 Å². The molecular formula is C36H30O5. The van der Waals surface area contributed by atoms with Crippen LogP contribution in [0.15, 0.2) is 144 Å². The molecular weight excluding hydrogens is 512 g/mol. The van der Waals surface area contributed by atoms with Gasteiger partial charge in [0.2, 0.25) is 0 Å². The summed E-state index contributed by atoms with van der Waals surface area (Å²) in [5.41, 5.74) is 3.07. The van der Waals surface area contributed by atoms with Crippen LogP contribution in [-0.4, -0.2) is 11.6 Å². The first-order valence-electron chi connectivity index (χ1n) is 13.4. The zero-order valence-electron chi connectivity index (χ0n) is 23.0. The molecule has 2 aliphatic rings. The van der Waals surface area contributed by atoms with Crippen LogP contribution >= 0.6 is 0 Å². The van der Waals surface area contributed by atoms with E-state index in [0.717, 1.165) is 17.9 Å². The second-order valence-corrected chi connectivity index (χ2v) is 9.70. The van der Waals surface area contributed by atoms with Crippen LogP contribution < -0.4 is 14.2 Å². The van der Waals surface area contributed by atoms with E-state index in [1.165, 1.54) is 12.5 Å². The van der Waals surface area contributed by atoms with Crippen LogP contribution in [0.4, 0.5) is 0 Å². The Labute approximate surface area is 240 Å². The minimum absolute atomic E-state index is 0.00417. The first-order valence-corrected chi connectivity index (χ1v) is 13.4. The van der Waals surface area contributed by atoms with E-state index in [1.54, 1.807) is 60.7 Å². The van der Waals surface area contributed by atoms with E-state index in [1.807, 2.05) is 54.6 Å². The number of rotatable bonds is 9. The van der Waals surface area contributed by atoms with Crippen molar-refractivity contribution in [1.29, 1.82) is 0 Å². The first kappa shape index (κ1) is 27.4.